The molecule has 4 nitrogen and oxygen atoms in total. The van der Waals surface area contributed by atoms with Gasteiger partial charge in [0.2, 0.25) is 0 Å². The third-order valence-corrected chi connectivity index (χ3v) is 6.32. The Labute approximate surface area is 165 Å². The van der Waals surface area contributed by atoms with Crippen LogP contribution in [0.25, 0.3) is 0 Å². The van der Waals surface area contributed by atoms with E-state index in [0.29, 0.717) is 12.8 Å². The SMILES string of the molecule is C=C1CC(Sc2ccc(Oc3ccccc3)cc2)(C(=O)OC)CC(C)N1C. The number of carbonyl (C=O) groups excluding carboxylic acids is 1. The number of hydrogen-bond donors (Lipinski definition) is 0. The zero-order chi connectivity index (χ0) is 19.4. The smallest absolute Gasteiger partial charge is 0.322 e. The molecule has 2 aromatic rings. The van der Waals surface area contributed by atoms with Crippen molar-refractivity contribution in [3.05, 3.63) is 66.9 Å². The lowest BCUT2D eigenvalue weighted by molar-refractivity contribution is -0.144. The lowest BCUT2D eigenvalue weighted by atomic mass is 9.89. The molecule has 3 rings (SSSR count). The van der Waals surface area contributed by atoms with Crippen LogP contribution in [0.15, 0.2) is 71.8 Å². The highest BCUT2D eigenvalue weighted by atomic mass is 32.2. The van der Waals surface area contributed by atoms with Crippen LogP contribution in [0.5, 0.6) is 11.5 Å². The van der Waals surface area contributed by atoms with Gasteiger partial charge in [-0.25, -0.2) is 0 Å². The molecule has 1 saturated heterocycles. The first-order valence-corrected chi connectivity index (χ1v) is 9.76. The van der Waals surface area contributed by atoms with Gasteiger partial charge in [-0.15, -0.1) is 11.8 Å². The minimum atomic E-state index is -0.653. The first kappa shape index (κ1) is 19.4. The van der Waals surface area contributed by atoms with E-state index in [0.717, 1.165) is 22.1 Å². The summed E-state index contributed by atoms with van der Waals surface area (Å²) < 4.78 is 10.3. The fraction of sp³-hybridized carbons (Fsp3) is 0.318. The highest BCUT2D eigenvalue weighted by molar-refractivity contribution is 8.01. The van der Waals surface area contributed by atoms with Gasteiger partial charge in [0.1, 0.15) is 16.2 Å². The predicted octanol–water partition coefficient (Wildman–Crippen LogP) is 5.11. The summed E-state index contributed by atoms with van der Waals surface area (Å²) in [5.41, 5.74) is 0.954. The number of thioether (sulfide) groups is 1. The molecule has 2 unspecified atom stereocenters. The number of hydrogen-bond acceptors (Lipinski definition) is 5. The summed E-state index contributed by atoms with van der Waals surface area (Å²) in [7, 11) is 3.47. The first-order chi connectivity index (χ1) is 12.9. The highest BCUT2D eigenvalue weighted by Gasteiger charge is 2.46. The number of allylic oxidation sites excluding steroid dienone is 1. The van der Waals surface area contributed by atoms with E-state index in [4.69, 9.17) is 9.47 Å². The summed E-state index contributed by atoms with van der Waals surface area (Å²) in [6.45, 7) is 6.26. The van der Waals surface area contributed by atoms with Gasteiger partial charge in [0, 0.05) is 30.1 Å². The number of rotatable bonds is 5. The van der Waals surface area contributed by atoms with E-state index >= 15 is 0 Å². The van der Waals surface area contributed by atoms with Crippen molar-refractivity contribution in [2.75, 3.05) is 14.2 Å². The number of nitrogens with zero attached hydrogens (tertiary/aromatic N) is 1. The second-order valence-electron chi connectivity index (χ2n) is 6.88. The molecule has 5 heteroatoms. The number of ether oxygens (including phenoxy) is 2. The molecule has 0 aromatic heterocycles. The van der Waals surface area contributed by atoms with E-state index in [1.165, 1.54) is 7.11 Å². The van der Waals surface area contributed by atoms with Gasteiger partial charge in [-0.05, 0) is 49.7 Å². The summed E-state index contributed by atoms with van der Waals surface area (Å²) in [5.74, 6) is 1.36. The fourth-order valence-corrected chi connectivity index (χ4v) is 4.79. The third-order valence-electron chi connectivity index (χ3n) is 4.95. The van der Waals surface area contributed by atoms with Crippen molar-refractivity contribution >= 4 is 17.7 Å². The second-order valence-corrected chi connectivity index (χ2v) is 8.34. The van der Waals surface area contributed by atoms with Crippen LogP contribution in [0.1, 0.15) is 19.8 Å². The number of carbonyl (C=O) groups is 1. The van der Waals surface area contributed by atoms with E-state index in [2.05, 4.69) is 18.4 Å². The molecule has 0 spiro atoms. The highest BCUT2D eigenvalue weighted by Crippen LogP contribution is 2.46. The maximum absolute atomic E-state index is 12.7. The van der Waals surface area contributed by atoms with Crippen LogP contribution in [0.2, 0.25) is 0 Å². The van der Waals surface area contributed by atoms with E-state index in [-0.39, 0.29) is 12.0 Å². The number of esters is 1. The minimum Gasteiger partial charge on any atom is -0.468 e. The summed E-state index contributed by atoms with van der Waals surface area (Å²) in [6.07, 6.45) is 1.29. The van der Waals surface area contributed by atoms with E-state index in [1.807, 2.05) is 61.6 Å². The van der Waals surface area contributed by atoms with Crippen molar-refractivity contribution in [1.29, 1.82) is 0 Å². The van der Waals surface area contributed by atoms with Gasteiger partial charge < -0.3 is 14.4 Å². The van der Waals surface area contributed by atoms with Crippen LogP contribution in [-0.4, -0.2) is 35.8 Å². The van der Waals surface area contributed by atoms with Crippen molar-refractivity contribution < 1.29 is 14.3 Å². The molecule has 2 aromatic carbocycles. The molecule has 0 radical (unpaired) electrons. The molecule has 0 saturated carbocycles. The lowest BCUT2D eigenvalue weighted by Crippen LogP contribution is -2.49. The molecule has 0 amide bonds. The maximum atomic E-state index is 12.7. The Kier molecular flexibility index (Phi) is 5.80. The molecule has 1 aliphatic rings. The van der Waals surface area contributed by atoms with Gasteiger partial charge in [-0.1, -0.05) is 24.8 Å². The third kappa shape index (κ3) is 4.30. The van der Waals surface area contributed by atoms with Gasteiger partial charge >= 0.3 is 5.97 Å². The maximum Gasteiger partial charge on any atom is 0.322 e. The van der Waals surface area contributed by atoms with Crippen LogP contribution in [0.4, 0.5) is 0 Å². The Hall–Kier alpha value is -2.40. The number of methoxy groups -OCH3 is 1. The average molecular weight is 384 g/mol. The van der Waals surface area contributed by atoms with Gasteiger partial charge in [0.25, 0.3) is 0 Å². The largest absolute Gasteiger partial charge is 0.468 e. The molecule has 2 atom stereocenters. The Balaban J connectivity index is 1.78. The lowest BCUT2D eigenvalue weighted by Gasteiger charge is -2.44. The Morgan fingerprint density at radius 3 is 2.37 bits per heavy atom. The number of para-hydroxylation sites is 1. The van der Waals surface area contributed by atoms with Gasteiger partial charge in [-0.3, -0.25) is 4.79 Å². The molecule has 27 heavy (non-hydrogen) atoms. The molecule has 0 bridgehead atoms. The quantitative estimate of drug-likeness (QED) is 0.671. The van der Waals surface area contributed by atoms with Gasteiger partial charge in [0.15, 0.2) is 0 Å². The number of likely N-dealkylation sites (tertiary alicyclic amines) is 1. The topological polar surface area (TPSA) is 38.8 Å². The van der Waals surface area contributed by atoms with Crippen LogP contribution in [0.3, 0.4) is 0 Å². The van der Waals surface area contributed by atoms with Crippen molar-refractivity contribution in [2.24, 2.45) is 0 Å². The van der Waals surface area contributed by atoms with Crippen molar-refractivity contribution in [3.8, 4) is 11.5 Å². The standard InChI is InChI=1S/C22H25NO3S/c1-16-14-22(21(24)25-4,15-17(2)23(16)3)27-20-12-10-19(11-13-20)26-18-8-6-5-7-9-18/h5-13,17H,1,14-15H2,2-4H3. The molecule has 1 heterocycles. The molecule has 0 aliphatic carbocycles. The average Bonchev–Trinajstić information content (AvgIpc) is 2.68. The zero-order valence-corrected chi connectivity index (χ0v) is 16.8. The number of piperidine rings is 1. The summed E-state index contributed by atoms with van der Waals surface area (Å²) in [4.78, 5) is 15.8. The molecule has 1 aliphatic heterocycles. The van der Waals surface area contributed by atoms with E-state index in [1.54, 1.807) is 11.8 Å². The number of benzene rings is 2. The normalized spacial score (nSPS) is 22.4. The Morgan fingerprint density at radius 1 is 1.15 bits per heavy atom. The second kappa shape index (κ2) is 8.09. The fourth-order valence-electron chi connectivity index (χ4n) is 3.34. The van der Waals surface area contributed by atoms with Gasteiger partial charge in [-0.2, -0.15) is 0 Å². The molecular weight excluding hydrogens is 358 g/mol. The van der Waals surface area contributed by atoms with E-state index < -0.39 is 4.75 Å². The zero-order valence-electron chi connectivity index (χ0n) is 16.0. The monoisotopic (exact) mass is 383 g/mol. The molecule has 142 valence electrons. The summed E-state index contributed by atoms with van der Waals surface area (Å²) >= 11 is 1.55. The van der Waals surface area contributed by atoms with Crippen LogP contribution in [-0.2, 0) is 9.53 Å². The van der Waals surface area contributed by atoms with Crippen molar-refractivity contribution in [3.63, 3.8) is 0 Å². The molecule has 0 N–H and O–H groups in total. The molecular formula is C22H25NO3S. The predicted molar refractivity (Wildman–Crippen MR) is 109 cm³/mol. The first-order valence-electron chi connectivity index (χ1n) is 8.94. The Bertz CT molecular complexity index is 806. The van der Waals surface area contributed by atoms with Crippen LogP contribution in [0, 0.1) is 0 Å². The summed E-state index contributed by atoms with van der Waals surface area (Å²) in [5, 5.41) is 0. The van der Waals surface area contributed by atoms with E-state index in [9.17, 15) is 4.79 Å². The Morgan fingerprint density at radius 2 is 1.78 bits per heavy atom. The van der Waals surface area contributed by atoms with Gasteiger partial charge in [0.05, 0.1) is 7.11 Å². The summed E-state index contributed by atoms with van der Waals surface area (Å²) in [6, 6.07) is 17.7. The van der Waals surface area contributed by atoms with Crippen LogP contribution < -0.4 is 4.74 Å². The van der Waals surface area contributed by atoms with Crippen molar-refractivity contribution in [2.45, 2.75) is 35.4 Å². The minimum absolute atomic E-state index is 0.196. The van der Waals surface area contributed by atoms with Crippen LogP contribution >= 0.6 is 11.8 Å². The van der Waals surface area contributed by atoms with Crippen molar-refractivity contribution in [1.82, 2.24) is 4.90 Å². The molecule has 1 fully saturated rings.